The van der Waals surface area contributed by atoms with Crippen molar-refractivity contribution in [1.29, 1.82) is 0 Å². The summed E-state index contributed by atoms with van der Waals surface area (Å²) in [4.78, 5) is 23.0. The maximum absolute atomic E-state index is 11.8. The van der Waals surface area contributed by atoms with Gasteiger partial charge in [-0.05, 0) is 23.5 Å². The van der Waals surface area contributed by atoms with E-state index in [1.807, 2.05) is 31.2 Å². The molecule has 1 rings (SSSR count). The van der Waals surface area contributed by atoms with Crippen molar-refractivity contribution in [2.75, 3.05) is 0 Å². The van der Waals surface area contributed by atoms with Crippen LogP contribution in [-0.4, -0.2) is 23.1 Å². The predicted molar refractivity (Wildman–Crippen MR) is 77.4 cm³/mol. The highest BCUT2D eigenvalue weighted by molar-refractivity contribution is 5.83. The molecule has 1 aromatic rings. The summed E-state index contributed by atoms with van der Waals surface area (Å²) in [5.41, 5.74) is 1.54. The third-order valence-electron chi connectivity index (χ3n) is 3.09. The van der Waals surface area contributed by atoms with Gasteiger partial charge in [-0.15, -0.1) is 0 Å². The second-order valence-corrected chi connectivity index (χ2v) is 5.89. The van der Waals surface area contributed by atoms with Crippen LogP contribution >= 0.6 is 0 Å². The molecule has 20 heavy (non-hydrogen) atoms. The van der Waals surface area contributed by atoms with Gasteiger partial charge in [-0.2, -0.15) is 0 Å². The van der Waals surface area contributed by atoms with Crippen LogP contribution in [-0.2, 0) is 11.3 Å². The maximum Gasteiger partial charge on any atom is 0.326 e. The molecule has 0 saturated heterocycles. The number of benzene rings is 1. The molecular weight excluding hydrogens is 256 g/mol. The molecule has 3 N–H and O–H groups in total. The van der Waals surface area contributed by atoms with E-state index in [0.717, 1.165) is 11.1 Å². The van der Waals surface area contributed by atoms with Crippen LogP contribution in [0.15, 0.2) is 24.3 Å². The number of carbonyl (C=O) groups excluding carboxylic acids is 1. The summed E-state index contributed by atoms with van der Waals surface area (Å²) in [5.74, 6) is -1.04. The molecule has 0 heterocycles. The first kappa shape index (κ1) is 16.0. The van der Waals surface area contributed by atoms with Crippen LogP contribution in [0.3, 0.4) is 0 Å². The van der Waals surface area contributed by atoms with Gasteiger partial charge in [0.15, 0.2) is 0 Å². The Labute approximate surface area is 119 Å². The van der Waals surface area contributed by atoms with E-state index in [1.54, 1.807) is 20.8 Å². The van der Waals surface area contributed by atoms with Crippen LogP contribution < -0.4 is 10.6 Å². The van der Waals surface area contributed by atoms with Gasteiger partial charge in [-0.1, -0.05) is 45.0 Å². The number of hydrogen-bond donors (Lipinski definition) is 3. The molecule has 5 nitrogen and oxygen atoms in total. The first-order chi connectivity index (χ1) is 9.21. The fraction of sp³-hybridized carbons (Fsp3) is 0.467. The average Bonchev–Trinajstić information content (AvgIpc) is 2.33. The van der Waals surface area contributed by atoms with Crippen molar-refractivity contribution in [3.63, 3.8) is 0 Å². The lowest BCUT2D eigenvalue weighted by Gasteiger charge is -2.27. The van der Waals surface area contributed by atoms with Gasteiger partial charge >= 0.3 is 12.0 Å². The Hall–Kier alpha value is -2.04. The molecule has 0 aliphatic rings. The van der Waals surface area contributed by atoms with E-state index in [4.69, 9.17) is 5.11 Å². The van der Waals surface area contributed by atoms with Gasteiger partial charge in [-0.3, -0.25) is 0 Å². The third kappa shape index (κ3) is 4.57. The van der Waals surface area contributed by atoms with E-state index in [0.29, 0.717) is 6.54 Å². The van der Waals surface area contributed by atoms with Gasteiger partial charge in [0.25, 0.3) is 0 Å². The standard InChI is InChI=1S/C15H22N2O3/c1-10-7-5-6-8-11(10)9-16-14(20)17-12(13(18)19)15(2,3)4/h5-8,12H,9H2,1-4H3,(H,18,19)(H2,16,17,20). The largest absolute Gasteiger partial charge is 0.480 e. The maximum atomic E-state index is 11.8. The summed E-state index contributed by atoms with van der Waals surface area (Å²) < 4.78 is 0. The summed E-state index contributed by atoms with van der Waals surface area (Å²) in [7, 11) is 0. The number of urea groups is 1. The molecule has 5 heteroatoms. The Kier molecular flexibility index (Phi) is 5.13. The quantitative estimate of drug-likeness (QED) is 0.790. The zero-order chi connectivity index (χ0) is 15.3. The smallest absolute Gasteiger partial charge is 0.326 e. The van der Waals surface area contributed by atoms with Gasteiger partial charge in [0, 0.05) is 6.54 Å². The minimum Gasteiger partial charge on any atom is -0.480 e. The van der Waals surface area contributed by atoms with E-state index in [2.05, 4.69) is 10.6 Å². The van der Waals surface area contributed by atoms with Gasteiger partial charge in [-0.25, -0.2) is 9.59 Å². The van der Waals surface area contributed by atoms with E-state index in [-0.39, 0.29) is 0 Å². The monoisotopic (exact) mass is 278 g/mol. The van der Waals surface area contributed by atoms with E-state index >= 15 is 0 Å². The molecule has 0 aromatic heterocycles. The molecular formula is C15H22N2O3. The molecule has 0 aliphatic carbocycles. The van der Waals surface area contributed by atoms with Crippen molar-refractivity contribution < 1.29 is 14.7 Å². The SMILES string of the molecule is Cc1ccccc1CNC(=O)NC(C(=O)O)C(C)(C)C. The Morgan fingerprint density at radius 1 is 1.25 bits per heavy atom. The van der Waals surface area contributed by atoms with E-state index < -0.39 is 23.5 Å². The number of aliphatic carboxylic acids is 1. The molecule has 0 bridgehead atoms. The van der Waals surface area contributed by atoms with Crippen LogP contribution in [0.2, 0.25) is 0 Å². The van der Waals surface area contributed by atoms with Crippen molar-refractivity contribution in [2.24, 2.45) is 5.41 Å². The number of carboxylic acids is 1. The Balaban J connectivity index is 2.60. The molecule has 0 spiro atoms. The zero-order valence-corrected chi connectivity index (χ0v) is 12.4. The minimum atomic E-state index is -1.04. The number of amides is 2. The highest BCUT2D eigenvalue weighted by Gasteiger charge is 2.32. The van der Waals surface area contributed by atoms with Gasteiger partial charge < -0.3 is 15.7 Å². The Morgan fingerprint density at radius 3 is 2.35 bits per heavy atom. The number of hydrogen-bond acceptors (Lipinski definition) is 2. The van der Waals surface area contributed by atoms with Gasteiger partial charge in [0.1, 0.15) is 6.04 Å². The van der Waals surface area contributed by atoms with Crippen LogP contribution in [0, 0.1) is 12.3 Å². The highest BCUT2D eigenvalue weighted by Crippen LogP contribution is 2.19. The number of nitrogens with one attached hydrogen (secondary N) is 2. The number of carboxylic acid groups (broad SMARTS) is 1. The van der Waals surface area contributed by atoms with Crippen LogP contribution in [0.4, 0.5) is 4.79 Å². The number of aryl methyl sites for hydroxylation is 1. The molecule has 0 saturated carbocycles. The highest BCUT2D eigenvalue weighted by atomic mass is 16.4. The fourth-order valence-electron chi connectivity index (χ4n) is 1.81. The topological polar surface area (TPSA) is 78.4 Å². The van der Waals surface area contributed by atoms with Crippen LogP contribution in [0.25, 0.3) is 0 Å². The second kappa shape index (κ2) is 6.41. The summed E-state index contributed by atoms with van der Waals surface area (Å²) in [6.45, 7) is 7.65. The van der Waals surface area contributed by atoms with Crippen molar-refractivity contribution >= 4 is 12.0 Å². The van der Waals surface area contributed by atoms with E-state index in [9.17, 15) is 9.59 Å². The summed E-state index contributed by atoms with van der Waals surface area (Å²) in [6, 6.07) is 6.31. The summed E-state index contributed by atoms with van der Waals surface area (Å²) in [6.07, 6.45) is 0. The zero-order valence-electron chi connectivity index (χ0n) is 12.4. The van der Waals surface area contributed by atoms with E-state index in [1.165, 1.54) is 0 Å². The third-order valence-corrected chi connectivity index (χ3v) is 3.09. The Bertz CT molecular complexity index is 492. The molecule has 2 amide bonds. The average molecular weight is 278 g/mol. The summed E-state index contributed by atoms with van der Waals surface area (Å²) in [5, 5.41) is 14.3. The van der Waals surface area contributed by atoms with Crippen molar-refractivity contribution in [3.05, 3.63) is 35.4 Å². The number of carbonyl (C=O) groups is 2. The first-order valence-electron chi connectivity index (χ1n) is 6.53. The first-order valence-corrected chi connectivity index (χ1v) is 6.53. The Morgan fingerprint density at radius 2 is 1.85 bits per heavy atom. The van der Waals surface area contributed by atoms with Crippen LogP contribution in [0.1, 0.15) is 31.9 Å². The normalized spacial score (nSPS) is 12.6. The molecule has 0 radical (unpaired) electrons. The van der Waals surface area contributed by atoms with Crippen molar-refractivity contribution in [3.8, 4) is 0 Å². The molecule has 1 aromatic carbocycles. The lowest BCUT2D eigenvalue weighted by molar-refractivity contribution is -0.141. The van der Waals surface area contributed by atoms with Crippen molar-refractivity contribution in [1.82, 2.24) is 10.6 Å². The molecule has 110 valence electrons. The molecule has 0 aliphatic heterocycles. The van der Waals surface area contributed by atoms with Gasteiger partial charge in [0.05, 0.1) is 0 Å². The lowest BCUT2D eigenvalue weighted by atomic mass is 9.87. The predicted octanol–water partition coefficient (Wildman–Crippen LogP) is 2.29. The molecule has 1 unspecified atom stereocenters. The van der Waals surface area contributed by atoms with Crippen molar-refractivity contribution in [2.45, 2.75) is 40.3 Å². The van der Waals surface area contributed by atoms with Crippen LogP contribution in [0.5, 0.6) is 0 Å². The summed E-state index contributed by atoms with van der Waals surface area (Å²) >= 11 is 0. The molecule has 0 fully saturated rings. The molecule has 1 atom stereocenters. The second-order valence-electron chi connectivity index (χ2n) is 5.89. The van der Waals surface area contributed by atoms with Gasteiger partial charge in [0.2, 0.25) is 0 Å². The lowest BCUT2D eigenvalue weighted by Crippen LogP contribution is -2.52. The minimum absolute atomic E-state index is 0.370. The number of rotatable bonds is 4. The fourth-order valence-corrected chi connectivity index (χ4v) is 1.81.